The third-order valence-electron chi connectivity index (χ3n) is 2.38. The summed E-state index contributed by atoms with van der Waals surface area (Å²) in [6, 6.07) is 4.20. The summed E-state index contributed by atoms with van der Waals surface area (Å²) in [5, 5.41) is 3.44. The maximum absolute atomic E-state index is 5.63. The van der Waals surface area contributed by atoms with Crippen LogP contribution in [0, 0.1) is 6.92 Å². The van der Waals surface area contributed by atoms with Crippen LogP contribution in [0.25, 0.3) is 0 Å². The second-order valence-electron chi connectivity index (χ2n) is 4.03. The fraction of sp³-hybridized carbons (Fsp3) is 0.692. The first kappa shape index (κ1) is 13.3. The van der Waals surface area contributed by atoms with E-state index < -0.39 is 0 Å². The summed E-state index contributed by atoms with van der Waals surface area (Å²) < 4.78 is 11.2. The van der Waals surface area contributed by atoms with Crippen molar-refractivity contribution in [1.29, 1.82) is 0 Å². The number of aryl methyl sites for hydroxylation is 1. The van der Waals surface area contributed by atoms with Gasteiger partial charge >= 0.3 is 0 Å². The zero-order chi connectivity index (χ0) is 11.8. The van der Waals surface area contributed by atoms with E-state index in [0.717, 1.165) is 37.5 Å². The fourth-order valence-electron chi connectivity index (χ4n) is 1.55. The van der Waals surface area contributed by atoms with Crippen LogP contribution in [0.15, 0.2) is 16.5 Å². The second-order valence-corrected chi connectivity index (χ2v) is 4.03. The number of ether oxygens (including phenoxy) is 1. The quantitative estimate of drug-likeness (QED) is 0.690. The molecule has 1 aromatic heterocycles. The fourth-order valence-corrected chi connectivity index (χ4v) is 1.55. The SMILES string of the molecule is CCCNC(COCCC)c1ccc(C)o1. The average molecular weight is 225 g/mol. The molecule has 0 fully saturated rings. The zero-order valence-electron chi connectivity index (χ0n) is 10.6. The van der Waals surface area contributed by atoms with Crippen LogP contribution in [-0.4, -0.2) is 19.8 Å². The minimum atomic E-state index is 0.181. The van der Waals surface area contributed by atoms with Gasteiger partial charge in [-0.25, -0.2) is 0 Å². The van der Waals surface area contributed by atoms with Crippen molar-refractivity contribution in [2.24, 2.45) is 0 Å². The maximum Gasteiger partial charge on any atom is 0.123 e. The molecule has 0 spiro atoms. The van der Waals surface area contributed by atoms with Crippen molar-refractivity contribution in [3.05, 3.63) is 23.7 Å². The molecule has 3 heteroatoms. The minimum Gasteiger partial charge on any atom is -0.465 e. The second kappa shape index (κ2) is 7.47. The van der Waals surface area contributed by atoms with Crippen LogP contribution in [0.2, 0.25) is 0 Å². The smallest absolute Gasteiger partial charge is 0.123 e. The Kier molecular flexibility index (Phi) is 6.19. The van der Waals surface area contributed by atoms with Gasteiger partial charge in [-0.2, -0.15) is 0 Å². The van der Waals surface area contributed by atoms with E-state index in [2.05, 4.69) is 19.2 Å². The van der Waals surface area contributed by atoms with E-state index >= 15 is 0 Å². The van der Waals surface area contributed by atoms with Crippen molar-refractivity contribution < 1.29 is 9.15 Å². The molecule has 1 aromatic rings. The van der Waals surface area contributed by atoms with Crippen LogP contribution in [0.4, 0.5) is 0 Å². The Labute approximate surface area is 98.2 Å². The van der Waals surface area contributed by atoms with Crippen LogP contribution in [0.3, 0.4) is 0 Å². The summed E-state index contributed by atoms with van der Waals surface area (Å²) in [6.07, 6.45) is 2.17. The molecule has 1 atom stereocenters. The third kappa shape index (κ3) is 4.37. The van der Waals surface area contributed by atoms with Crippen molar-refractivity contribution in [2.75, 3.05) is 19.8 Å². The van der Waals surface area contributed by atoms with E-state index in [1.165, 1.54) is 0 Å². The maximum atomic E-state index is 5.63. The van der Waals surface area contributed by atoms with Gasteiger partial charge in [0.15, 0.2) is 0 Å². The van der Waals surface area contributed by atoms with Crippen molar-refractivity contribution >= 4 is 0 Å². The molecule has 0 aliphatic rings. The van der Waals surface area contributed by atoms with Crippen LogP contribution in [0.5, 0.6) is 0 Å². The van der Waals surface area contributed by atoms with Gasteiger partial charge < -0.3 is 14.5 Å². The number of hydrogen-bond donors (Lipinski definition) is 1. The largest absolute Gasteiger partial charge is 0.465 e. The van der Waals surface area contributed by atoms with Crippen LogP contribution < -0.4 is 5.32 Å². The summed E-state index contributed by atoms with van der Waals surface area (Å²) >= 11 is 0. The zero-order valence-corrected chi connectivity index (χ0v) is 10.6. The summed E-state index contributed by atoms with van der Waals surface area (Å²) in [6.45, 7) is 8.72. The Morgan fingerprint density at radius 1 is 1.31 bits per heavy atom. The van der Waals surface area contributed by atoms with Gasteiger partial charge in [-0.15, -0.1) is 0 Å². The van der Waals surface area contributed by atoms with Crippen LogP contribution in [0.1, 0.15) is 44.3 Å². The van der Waals surface area contributed by atoms with E-state index in [1.54, 1.807) is 0 Å². The molecule has 0 aliphatic heterocycles. The molecule has 0 amide bonds. The van der Waals surface area contributed by atoms with Gasteiger partial charge in [-0.3, -0.25) is 0 Å². The molecular formula is C13H23NO2. The monoisotopic (exact) mass is 225 g/mol. The van der Waals surface area contributed by atoms with Gasteiger partial charge in [0.2, 0.25) is 0 Å². The molecule has 0 radical (unpaired) electrons. The molecule has 1 heterocycles. The number of hydrogen-bond acceptors (Lipinski definition) is 3. The van der Waals surface area contributed by atoms with Crippen molar-refractivity contribution in [2.45, 2.75) is 39.7 Å². The molecular weight excluding hydrogens is 202 g/mol. The third-order valence-corrected chi connectivity index (χ3v) is 2.38. The standard InChI is InChI=1S/C13H23NO2/c1-4-8-14-12(10-15-9-5-2)13-7-6-11(3)16-13/h6-7,12,14H,4-5,8-10H2,1-3H3. The van der Waals surface area contributed by atoms with E-state index in [-0.39, 0.29) is 6.04 Å². The van der Waals surface area contributed by atoms with E-state index in [0.29, 0.717) is 6.61 Å². The van der Waals surface area contributed by atoms with Gasteiger partial charge in [0.25, 0.3) is 0 Å². The lowest BCUT2D eigenvalue weighted by molar-refractivity contribution is 0.105. The molecule has 0 aromatic carbocycles. The first-order valence-electron chi connectivity index (χ1n) is 6.15. The highest BCUT2D eigenvalue weighted by Crippen LogP contribution is 2.16. The number of furan rings is 1. The summed E-state index contributed by atoms with van der Waals surface area (Å²) in [5.41, 5.74) is 0. The summed E-state index contributed by atoms with van der Waals surface area (Å²) in [4.78, 5) is 0. The van der Waals surface area contributed by atoms with E-state index in [9.17, 15) is 0 Å². The Morgan fingerprint density at radius 3 is 2.69 bits per heavy atom. The van der Waals surface area contributed by atoms with E-state index in [1.807, 2.05) is 19.1 Å². The lowest BCUT2D eigenvalue weighted by Gasteiger charge is -2.16. The normalized spacial score (nSPS) is 12.9. The average Bonchev–Trinajstić information content (AvgIpc) is 2.70. The molecule has 1 N–H and O–H groups in total. The molecule has 16 heavy (non-hydrogen) atoms. The predicted molar refractivity (Wildman–Crippen MR) is 65.6 cm³/mol. The molecule has 1 rings (SSSR count). The number of rotatable bonds is 8. The molecule has 3 nitrogen and oxygen atoms in total. The Morgan fingerprint density at radius 2 is 2.12 bits per heavy atom. The molecule has 0 bridgehead atoms. The molecule has 0 aliphatic carbocycles. The molecule has 0 saturated carbocycles. The van der Waals surface area contributed by atoms with Crippen LogP contribution in [-0.2, 0) is 4.74 Å². The topological polar surface area (TPSA) is 34.4 Å². The summed E-state index contributed by atoms with van der Waals surface area (Å²) in [5.74, 6) is 1.93. The lowest BCUT2D eigenvalue weighted by Crippen LogP contribution is -2.26. The van der Waals surface area contributed by atoms with Gasteiger partial charge in [0.1, 0.15) is 11.5 Å². The molecule has 0 saturated heterocycles. The minimum absolute atomic E-state index is 0.181. The van der Waals surface area contributed by atoms with Crippen molar-refractivity contribution in [3.8, 4) is 0 Å². The first-order valence-corrected chi connectivity index (χ1v) is 6.15. The van der Waals surface area contributed by atoms with Crippen LogP contribution >= 0.6 is 0 Å². The van der Waals surface area contributed by atoms with Crippen molar-refractivity contribution in [1.82, 2.24) is 5.32 Å². The number of nitrogens with one attached hydrogen (secondary N) is 1. The predicted octanol–water partition coefficient (Wildman–Crippen LogP) is 3.06. The Balaban J connectivity index is 2.49. The van der Waals surface area contributed by atoms with Gasteiger partial charge in [-0.05, 0) is 38.4 Å². The first-order chi connectivity index (χ1) is 7.77. The summed E-state index contributed by atoms with van der Waals surface area (Å²) in [7, 11) is 0. The molecule has 92 valence electrons. The lowest BCUT2D eigenvalue weighted by atomic mass is 10.2. The Hall–Kier alpha value is -0.800. The highest BCUT2D eigenvalue weighted by Gasteiger charge is 2.14. The molecule has 1 unspecified atom stereocenters. The highest BCUT2D eigenvalue weighted by atomic mass is 16.5. The van der Waals surface area contributed by atoms with E-state index in [4.69, 9.17) is 9.15 Å². The van der Waals surface area contributed by atoms with Gasteiger partial charge in [-0.1, -0.05) is 13.8 Å². The highest BCUT2D eigenvalue weighted by molar-refractivity contribution is 5.09. The van der Waals surface area contributed by atoms with Gasteiger partial charge in [0, 0.05) is 6.61 Å². The Bertz CT molecular complexity index is 283. The van der Waals surface area contributed by atoms with Gasteiger partial charge in [0.05, 0.1) is 12.6 Å². The van der Waals surface area contributed by atoms with Crippen molar-refractivity contribution in [3.63, 3.8) is 0 Å².